The molecule has 1 radical (unpaired) electrons. The first-order valence-corrected chi connectivity index (χ1v) is 8.84. The normalized spacial score (nSPS) is 10.6. The average molecular weight is 392 g/mol. The topological polar surface area (TPSA) is 37.3 Å². The van der Waals surface area contributed by atoms with Gasteiger partial charge in [0, 0.05) is 28.8 Å². The van der Waals surface area contributed by atoms with Gasteiger partial charge in [-0.05, 0) is 12.3 Å². The maximum atomic E-state index is 10.3. The quantitative estimate of drug-likeness (QED) is 0.267. The van der Waals surface area contributed by atoms with Crippen LogP contribution in [0.25, 0.3) is 0 Å². The Balaban J connectivity index is 0. The van der Waals surface area contributed by atoms with E-state index in [0.717, 1.165) is 18.8 Å². The van der Waals surface area contributed by atoms with Gasteiger partial charge in [0.2, 0.25) is 0 Å². The van der Waals surface area contributed by atoms with Crippen molar-refractivity contribution in [2.45, 2.75) is 104 Å². The molecule has 21 heavy (non-hydrogen) atoms. The molecule has 0 heterocycles. The molecule has 0 aromatic rings. The largest absolute Gasteiger partial charge is 0.481 e. The molecule has 2 nitrogen and oxygen atoms in total. The monoisotopic (exact) mass is 391 g/mol. The summed E-state index contributed by atoms with van der Waals surface area (Å²) in [5.74, 6) is 0.212. The van der Waals surface area contributed by atoms with E-state index in [1.807, 2.05) is 0 Å². The van der Waals surface area contributed by atoms with E-state index in [0.29, 0.717) is 6.42 Å². The van der Waals surface area contributed by atoms with Gasteiger partial charge in [-0.2, -0.15) is 0 Å². The van der Waals surface area contributed by atoms with Crippen LogP contribution in [0.4, 0.5) is 0 Å². The predicted octanol–water partition coefficient (Wildman–Crippen LogP) is 6.19. The van der Waals surface area contributed by atoms with Gasteiger partial charge < -0.3 is 5.11 Å². The van der Waals surface area contributed by atoms with Crippen molar-refractivity contribution in [1.82, 2.24) is 0 Å². The second-order valence-corrected chi connectivity index (χ2v) is 6.57. The minimum Gasteiger partial charge on any atom is -0.481 e. The molecule has 131 valence electrons. The van der Waals surface area contributed by atoms with Gasteiger partial charge >= 0.3 is 5.97 Å². The number of hydrogen-bond acceptors (Lipinski definition) is 1. The maximum Gasteiger partial charge on any atom is 0.303 e. The number of carbonyl (C=O) groups is 1. The van der Waals surface area contributed by atoms with Crippen LogP contribution in [-0.2, 0) is 27.2 Å². The van der Waals surface area contributed by atoms with Crippen LogP contribution in [0.3, 0.4) is 0 Å². The summed E-state index contributed by atoms with van der Waals surface area (Å²) in [7, 11) is 0. The molecule has 0 aliphatic rings. The third-order valence-corrected chi connectivity index (χ3v) is 3.92. The number of aliphatic carboxylic acids is 1. The Hall–Kier alpha value is 0.210. The van der Waals surface area contributed by atoms with Gasteiger partial charge in [0.1, 0.15) is 0 Å². The molecule has 0 saturated heterocycles. The van der Waals surface area contributed by atoms with Crippen LogP contribution in [-0.4, -0.2) is 11.1 Å². The Morgan fingerprint density at radius 3 is 1.38 bits per heavy atom. The van der Waals surface area contributed by atoms with Gasteiger partial charge in [0.15, 0.2) is 0 Å². The second-order valence-electron chi connectivity index (χ2n) is 6.57. The molecule has 0 fully saturated rings. The van der Waals surface area contributed by atoms with Gasteiger partial charge in [-0.15, -0.1) is 0 Å². The first-order chi connectivity index (χ1) is 9.63. The van der Waals surface area contributed by atoms with E-state index in [1.165, 1.54) is 70.6 Å². The van der Waals surface area contributed by atoms with Gasteiger partial charge in [-0.25, -0.2) is 0 Å². The van der Waals surface area contributed by atoms with Crippen molar-refractivity contribution in [2.75, 3.05) is 0 Å². The summed E-state index contributed by atoms with van der Waals surface area (Å²) in [5, 5.41) is 8.52. The number of rotatable bonds is 15. The Labute approximate surface area is 148 Å². The van der Waals surface area contributed by atoms with E-state index >= 15 is 0 Å². The first kappa shape index (κ1) is 23.5. The van der Waals surface area contributed by atoms with Crippen LogP contribution >= 0.6 is 0 Å². The summed E-state index contributed by atoms with van der Waals surface area (Å²) in [6.07, 6.45) is 17.3. The fourth-order valence-electron chi connectivity index (χ4n) is 2.60. The maximum absolute atomic E-state index is 10.3. The average Bonchev–Trinajstić information content (AvgIpc) is 2.38. The van der Waals surface area contributed by atoms with E-state index < -0.39 is 5.97 Å². The van der Waals surface area contributed by atoms with Crippen molar-refractivity contribution in [2.24, 2.45) is 5.92 Å². The van der Waals surface area contributed by atoms with Crippen LogP contribution in [0.15, 0.2) is 0 Å². The minimum absolute atomic E-state index is 0. The van der Waals surface area contributed by atoms with Gasteiger partial charge in [0.25, 0.3) is 0 Å². The molecule has 0 aliphatic heterocycles. The fourth-order valence-corrected chi connectivity index (χ4v) is 2.60. The van der Waals surface area contributed by atoms with Crippen molar-refractivity contribution in [1.29, 1.82) is 0 Å². The molecule has 0 aromatic heterocycles. The standard InChI is InChI=1S/C18H36O2.Ag/c1-17(2)15-13-11-9-7-5-3-4-6-8-10-12-14-16-18(19)20;/h17H,3-16H2,1-2H3,(H,19,20);. The minimum atomic E-state index is -0.654. The molecule has 1 N–H and O–H groups in total. The molecular weight excluding hydrogens is 356 g/mol. The zero-order valence-corrected chi connectivity index (χ0v) is 15.6. The van der Waals surface area contributed by atoms with Gasteiger partial charge in [-0.3, -0.25) is 4.79 Å². The smallest absolute Gasteiger partial charge is 0.303 e. The third kappa shape index (κ3) is 22.6. The third-order valence-electron chi connectivity index (χ3n) is 3.92. The summed E-state index contributed by atoms with van der Waals surface area (Å²) in [6, 6.07) is 0. The molecule has 0 bridgehead atoms. The van der Waals surface area contributed by atoms with Crippen molar-refractivity contribution < 1.29 is 32.3 Å². The summed E-state index contributed by atoms with van der Waals surface area (Å²) in [6.45, 7) is 4.61. The molecule has 3 heteroatoms. The molecule has 0 aliphatic carbocycles. The van der Waals surface area contributed by atoms with Crippen LogP contribution in [0.2, 0.25) is 0 Å². The zero-order valence-electron chi connectivity index (χ0n) is 14.1. The number of carboxylic acids is 1. The molecule has 0 rings (SSSR count). The number of carboxylic acid groups (broad SMARTS) is 1. The summed E-state index contributed by atoms with van der Waals surface area (Å²) < 4.78 is 0. The molecule has 0 amide bonds. The van der Waals surface area contributed by atoms with Gasteiger partial charge in [0.05, 0.1) is 0 Å². The molecule has 0 unspecified atom stereocenters. The van der Waals surface area contributed by atoms with Crippen molar-refractivity contribution in [3.63, 3.8) is 0 Å². The van der Waals surface area contributed by atoms with Crippen molar-refractivity contribution in [3.8, 4) is 0 Å². The molecular formula is C18H36AgO2. The van der Waals surface area contributed by atoms with E-state index in [2.05, 4.69) is 13.8 Å². The Kier molecular flexibility index (Phi) is 20.4. The summed E-state index contributed by atoms with van der Waals surface area (Å²) in [4.78, 5) is 10.3. The van der Waals surface area contributed by atoms with E-state index in [9.17, 15) is 4.79 Å². The Bertz CT molecular complexity index is 217. The van der Waals surface area contributed by atoms with Crippen LogP contribution in [0, 0.1) is 5.92 Å². The Morgan fingerprint density at radius 2 is 1.05 bits per heavy atom. The fraction of sp³-hybridized carbons (Fsp3) is 0.944. The SMILES string of the molecule is CC(C)CCCCCCCCCCCCCCC(=O)O.[Ag]. The van der Waals surface area contributed by atoms with E-state index in [4.69, 9.17) is 5.11 Å². The van der Waals surface area contributed by atoms with E-state index in [-0.39, 0.29) is 22.4 Å². The summed E-state index contributed by atoms with van der Waals surface area (Å²) >= 11 is 0. The predicted molar refractivity (Wildman–Crippen MR) is 87.1 cm³/mol. The molecule has 0 spiro atoms. The first-order valence-electron chi connectivity index (χ1n) is 8.84. The summed E-state index contributed by atoms with van der Waals surface area (Å²) in [5.41, 5.74) is 0. The van der Waals surface area contributed by atoms with Gasteiger partial charge in [-0.1, -0.05) is 90.9 Å². The van der Waals surface area contributed by atoms with Crippen molar-refractivity contribution in [3.05, 3.63) is 0 Å². The molecule has 0 saturated carbocycles. The number of hydrogen-bond donors (Lipinski definition) is 1. The van der Waals surface area contributed by atoms with Crippen LogP contribution in [0.5, 0.6) is 0 Å². The zero-order chi connectivity index (χ0) is 15.1. The Morgan fingerprint density at radius 1 is 0.714 bits per heavy atom. The molecule has 0 atom stereocenters. The second kappa shape index (κ2) is 18.3. The number of unbranched alkanes of at least 4 members (excludes halogenated alkanes) is 11. The van der Waals surface area contributed by atoms with Crippen LogP contribution < -0.4 is 0 Å². The van der Waals surface area contributed by atoms with Crippen molar-refractivity contribution >= 4 is 5.97 Å². The van der Waals surface area contributed by atoms with E-state index in [1.54, 1.807) is 0 Å². The van der Waals surface area contributed by atoms with Crippen LogP contribution in [0.1, 0.15) is 104 Å². The molecule has 0 aromatic carbocycles.